The maximum Gasteiger partial charge on any atom is 0.416 e. The summed E-state index contributed by atoms with van der Waals surface area (Å²) in [6, 6.07) is 20.2. The van der Waals surface area contributed by atoms with Crippen molar-refractivity contribution < 1.29 is 27.5 Å². The molecule has 0 aromatic heterocycles. The number of halogens is 3. The Hall–Kier alpha value is -3.65. The van der Waals surface area contributed by atoms with Crippen molar-refractivity contribution in [2.24, 2.45) is 0 Å². The molecule has 2 amide bonds. The summed E-state index contributed by atoms with van der Waals surface area (Å²) in [6.45, 7) is 0.966. The highest BCUT2D eigenvalue weighted by atomic mass is 19.4. The molecule has 176 valence electrons. The first-order valence-electron chi connectivity index (χ1n) is 10.8. The van der Waals surface area contributed by atoms with Gasteiger partial charge in [-0.1, -0.05) is 36.4 Å². The molecular formula is C26H23F3N2O3. The summed E-state index contributed by atoms with van der Waals surface area (Å²) in [5.41, 5.74) is 0.180. The zero-order valence-electron chi connectivity index (χ0n) is 18.2. The normalized spacial score (nSPS) is 15.4. The molecule has 34 heavy (non-hydrogen) atoms. The van der Waals surface area contributed by atoms with Crippen LogP contribution in [-0.4, -0.2) is 25.0 Å². The van der Waals surface area contributed by atoms with Crippen LogP contribution in [0.4, 0.5) is 24.5 Å². The van der Waals surface area contributed by atoms with Gasteiger partial charge < -0.3 is 15.4 Å². The molecule has 0 atom stereocenters. The van der Waals surface area contributed by atoms with Gasteiger partial charge in [-0.15, -0.1) is 0 Å². The van der Waals surface area contributed by atoms with E-state index < -0.39 is 23.1 Å². The second-order valence-electron chi connectivity index (χ2n) is 8.12. The molecule has 8 heteroatoms. The monoisotopic (exact) mass is 468 g/mol. The van der Waals surface area contributed by atoms with E-state index in [1.165, 1.54) is 24.3 Å². The molecule has 1 fully saturated rings. The zero-order chi connectivity index (χ0) is 24.2. The van der Waals surface area contributed by atoms with Crippen LogP contribution in [0.1, 0.15) is 34.3 Å². The number of nitrogens with one attached hydrogen (secondary N) is 2. The molecule has 0 spiro atoms. The van der Waals surface area contributed by atoms with Crippen LogP contribution in [0, 0.1) is 0 Å². The molecule has 5 nitrogen and oxygen atoms in total. The Morgan fingerprint density at radius 1 is 0.794 bits per heavy atom. The van der Waals surface area contributed by atoms with Gasteiger partial charge in [0.05, 0.1) is 11.0 Å². The zero-order valence-corrected chi connectivity index (χ0v) is 18.2. The number of hydrogen-bond acceptors (Lipinski definition) is 3. The molecule has 1 aliphatic heterocycles. The standard InChI is InChI=1S/C26H23F3N2O3/c27-26(28,29)20-7-4-8-22(17-20)30-23(32)18-9-11-21(12-10-18)31-24(33)25(13-15-34-16-14-25)19-5-2-1-3-6-19/h1-12,17H,13-16H2,(H,30,32)(H,31,33). The number of rotatable bonds is 5. The summed E-state index contributed by atoms with van der Waals surface area (Å²) in [5.74, 6) is -0.703. The summed E-state index contributed by atoms with van der Waals surface area (Å²) >= 11 is 0. The molecule has 0 aliphatic carbocycles. The summed E-state index contributed by atoms with van der Waals surface area (Å²) < 4.78 is 44.2. The van der Waals surface area contributed by atoms with Crippen LogP contribution in [-0.2, 0) is 21.1 Å². The van der Waals surface area contributed by atoms with Gasteiger partial charge in [-0.25, -0.2) is 0 Å². The van der Waals surface area contributed by atoms with Crippen molar-refractivity contribution in [3.05, 3.63) is 95.6 Å². The second kappa shape index (κ2) is 9.69. The lowest BCUT2D eigenvalue weighted by Crippen LogP contribution is -2.44. The third kappa shape index (κ3) is 5.12. The average Bonchev–Trinajstić information content (AvgIpc) is 2.85. The van der Waals surface area contributed by atoms with Crippen LogP contribution >= 0.6 is 0 Å². The minimum Gasteiger partial charge on any atom is -0.381 e. The van der Waals surface area contributed by atoms with Gasteiger partial charge in [-0.3, -0.25) is 9.59 Å². The van der Waals surface area contributed by atoms with E-state index in [0.717, 1.165) is 17.7 Å². The summed E-state index contributed by atoms with van der Waals surface area (Å²) in [5, 5.41) is 5.41. The number of ether oxygens (including phenoxy) is 1. The quantitative estimate of drug-likeness (QED) is 0.509. The van der Waals surface area contributed by atoms with Crippen LogP contribution < -0.4 is 10.6 Å². The van der Waals surface area contributed by atoms with Crippen molar-refractivity contribution in [1.82, 2.24) is 0 Å². The van der Waals surface area contributed by atoms with Gasteiger partial charge in [-0.05, 0) is 60.9 Å². The fraction of sp³-hybridized carbons (Fsp3) is 0.231. The van der Waals surface area contributed by atoms with E-state index in [-0.39, 0.29) is 17.2 Å². The summed E-state index contributed by atoms with van der Waals surface area (Å²) in [4.78, 5) is 25.8. The number of anilines is 2. The first-order valence-corrected chi connectivity index (χ1v) is 10.8. The largest absolute Gasteiger partial charge is 0.416 e. The predicted octanol–water partition coefficient (Wildman–Crippen LogP) is 5.64. The molecule has 2 N–H and O–H groups in total. The number of hydrogen-bond donors (Lipinski definition) is 2. The SMILES string of the molecule is O=C(Nc1cccc(C(F)(F)F)c1)c1ccc(NC(=O)C2(c3ccccc3)CCOCC2)cc1. The van der Waals surface area contributed by atoms with Crippen molar-refractivity contribution in [1.29, 1.82) is 0 Å². The van der Waals surface area contributed by atoms with Crippen LogP contribution in [0.25, 0.3) is 0 Å². The molecule has 1 heterocycles. The number of alkyl halides is 3. The summed E-state index contributed by atoms with van der Waals surface area (Å²) in [7, 11) is 0. The molecule has 0 saturated carbocycles. The van der Waals surface area contributed by atoms with E-state index in [1.807, 2.05) is 30.3 Å². The van der Waals surface area contributed by atoms with Gasteiger partial charge in [0.15, 0.2) is 0 Å². The first kappa shape index (κ1) is 23.5. The molecule has 4 rings (SSSR count). The highest BCUT2D eigenvalue weighted by Gasteiger charge is 2.41. The maximum atomic E-state index is 13.3. The minimum atomic E-state index is -4.50. The molecule has 3 aromatic carbocycles. The highest BCUT2D eigenvalue weighted by Crippen LogP contribution is 2.36. The molecule has 0 bridgehead atoms. The number of amides is 2. The van der Waals surface area contributed by atoms with Gasteiger partial charge in [0.25, 0.3) is 5.91 Å². The Kier molecular flexibility index (Phi) is 6.70. The number of carbonyl (C=O) groups is 2. The molecule has 3 aromatic rings. The third-order valence-electron chi connectivity index (χ3n) is 5.96. The van der Waals surface area contributed by atoms with E-state index in [2.05, 4.69) is 10.6 Å². The topological polar surface area (TPSA) is 67.4 Å². The van der Waals surface area contributed by atoms with E-state index in [0.29, 0.717) is 31.7 Å². The lowest BCUT2D eigenvalue weighted by Gasteiger charge is -2.36. The van der Waals surface area contributed by atoms with Crippen LogP contribution in [0.2, 0.25) is 0 Å². The molecule has 0 unspecified atom stereocenters. The van der Waals surface area contributed by atoms with Crippen LogP contribution in [0.3, 0.4) is 0 Å². The van der Waals surface area contributed by atoms with Gasteiger partial charge >= 0.3 is 6.18 Å². The Bertz CT molecular complexity index is 1160. The fourth-order valence-electron chi connectivity index (χ4n) is 4.06. The van der Waals surface area contributed by atoms with Crippen molar-refractivity contribution in [2.45, 2.75) is 24.4 Å². The van der Waals surface area contributed by atoms with Crippen molar-refractivity contribution >= 4 is 23.2 Å². The number of benzene rings is 3. The lowest BCUT2D eigenvalue weighted by atomic mass is 9.73. The van der Waals surface area contributed by atoms with Crippen LogP contribution in [0.5, 0.6) is 0 Å². The van der Waals surface area contributed by atoms with Gasteiger partial charge in [0, 0.05) is 30.2 Å². The molecule has 0 radical (unpaired) electrons. The predicted molar refractivity (Wildman–Crippen MR) is 123 cm³/mol. The third-order valence-corrected chi connectivity index (χ3v) is 5.96. The fourth-order valence-corrected chi connectivity index (χ4v) is 4.06. The van der Waals surface area contributed by atoms with E-state index in [9.17, 15) is 22.8 Å². The Morgan fingerprint density at radius 3 is 2.12 bits per heavy atom. The highest BCUT2D eigenvalue weighted by molar-refractivity contribution is 6.05. The van der Waals surface area contributed by atoms with Crippen molar-refractivity contribution in [3.8, 4) is 0 Å². The smallest absolute Gasteiger partial charge is 0.381 e. The van der Waals surface area contributed by atoms with Crippen LogP contribution in [0.15, 0.2) is 78.9 Å². The molecule has 1 aliphatic rings. The maximum absolute atomic E-state index is 13.3. The Morgan fingerprint density at radius 2 is 1.47 bits per heavy atom. The summed E-state index contributed by atoms with van der Waals surface area (Å²) in [6.07, 6.45) is -3.39. The first-order chi connectivity index (χ1) is 16.3. The van der Waals surface area contributed by atoms with Gasteiger partial charge in [0.1, 0.15) is 0 Å². The van der Waals surface area contributed by atoms with Gasteiger partial charge in [0.2, 0.25) is 5.91 Å². The van der Waals surface area contributed by atoms with Crippen molar-refractivity contribution in [2.75, 3.05) is 23.8 Å². The van der Waals surface area contributed by atoms with Gasteiger partial charge in [-0.2, -0.15) is 13.2 Å². The minimum absolute atomic E-state index is 0.0431. The average molecular weight is 468 g/mol. The van der Waals surface area contributed by atoms with E-state index >= 15 is 0 Å². The Balaban J connectivity index is 1.46. The van der Waals surface area contributed by atoms with E-state index in [4.69, 9.17) is 4.74 Å². The number of carbonyl (C=O) groups excluding carboxylic acids is 2. The second-order valence-corrected chi connectivity index (χ2v) is 8.12. The van der Waals surface area contributed by atoms with E-state index in [1.54, 1.807) is 12.1 Å². The Labute approximate surface area is 194 Å². The molecular weight excluding hydrogens is 445 g/mol. The van der Waals surface area contributed by atoms with Crippen molar-refractivity contribution in [3.63, 3.8) is 0 Å². The molecule has 1 saturated heterocycles. The lowest BCUT2D eigenvalue weighted by molar-refractivity contribution is -0.137.